The molecule has 1 N–H and O–H groups in total. The van der Waals surface area contributed by atoms with Gasteiger partial charge in [-0.3, -0.25) is 4.90 Å². The number of urea groups is 1. The third kappa shape index (κ3) is 5.68. The van der Waals surface area contributed by atoms with Crippen LogP contribution >= 0.6 is 23.2 Å². The van der Waals surface area contributed by atoms with E-state index in [0.29, 0.717) is 0 Å². The molecule has 1 heterocycles. The molecule has 5 nitrogen and oxygen atoms in total. The number of anilines is 1. The lowest BCUT2D eigenvalue weighted by atomic mass is 9.84. The molecule has 1 saturated heterocycles. The molecule has 1 saturated carbocycles. The predicted molar refractivity (Wildman–Crippen MR) is 118 cm³/mol. The Morgan fingerprint density at radius 1 is 1.21 bits per heavy atom. The Hall–Kier alpha value is -1.17. The molecule has 156 valence electrons. The number of amides is 2. The van der Waals surface area contributed by atoms with E-state index >= 15 is 0 Å². The minimum atomic E-state index is -3.88. The summed E-state index contributed by atoms with van der Waals surface area (Å²) in [6.07, 6.45) is -17.0. The zero-order valence-corrected chi connectivity index (χ0v) is 16.7. The van der Waals surface area contributed by atoms with Crippen molar-refractivity contribution in [2.24, 2.45) is 5.89 Å². The van der Waals surface area contributed by atoms with E-state index in [-0.39, 0.29) is 14.8 Å². The van der Waals surface area contributed by atoms with Crippen LogP contribution in [0.25, 0.3) is 0 Å². The van der Waals surface area contributed by atoms with Gasteiger partial charge in [-0.1, -0.05) is 29.3 Å². The molecule has 7 heteroatoms. The summed E-state index contributed by atoms with van der Waals surface area (Å²) in [5, 5.41) is 1.06. The average Bonchev–Trinajstić information content (AvgIpc) is 2.88. The number of hydrogen-bond acceptors (Lipinski definition) is 3. The Bertz CT molecular complexity index is 1330. The van der Waals surface area contributed by atoms with Crippen LogP contribution in [0.4, 0.5) is 10.5 Å². The number of nitrogens with one attached hydrogen (secondary N) is 1. The van der Waals surface area contributed by atoms with Crippen molar-refractivity contribution in [3.63, 3.8) is 0 Å². The number of rotatable bonds is 5. The van der Waals surface area contributed by atoms with Gasteiger partial charge in [0.25, 0.3) is 0 Å². The number of halogens is 2. The Labute approximate surface area is 204 Å². The van der Waals surface area contributed by atoms with Crippen LogP contribution in [0.5, 0.6) is 0 Å². The van der Waals surface area contributed by atoms with Crippen LogP contribution in [0.2, 0.25) is 10.0 Å². The summed E-state index contributed by atoms with van der Waals surface area (Å²) < 4.78 is 155. The first-order chi connectivity index (χ1) is 20.2. The highest BCUT2D eigenvalue weighted by Gasteiger charge is 2.24. The summed E-state index contributed by atoms with van der Waals surface area (Å²) in [6, 6.07) is -1.40. The largest absolute Gasteiger partial charge is 0.368 e. The highest BCUT2D eigenvalue weighted by Crippen LogP contribution is 2.33. The van der Waals surface area contributed by atoms with Crippen molar-refractivity contribution in [1.82, 2.24) is 15.1 Å². The van der Waals surface area contributed by atoms with Gasteiger partial charge in [-0.05, 0) is 56.5 Å². The summed E-state index contributed by atoms with van der Waals surface area (Å²) in [7, 11) is 2.29. The SMILES string of the molecule is [2H]C1([2H])N(CCC2([2H])C([2H])([2H])C([2H])([2H])C([2H])(NC(=O)N(C)C)C([2H])([2H])C2([2H])[2H])C([2H])([2H])C([2H])([2H])N(c2cccc(Cl)c2Cl)C1([2H])[2H]. The second kappa shape index (κ2) is 10.0. The fourth-order valence-electron chi connectivity index (χ4n) is 2.14. The van der Waals surface area contributed by atoms with Gasteiger partial charge in [-0.2, -0.15) is 0 Å². The topological polar surface area (TPSA) is 38.8 Å². The number of piperazine rings is 1. The summed E-state index contributed by atoms with van der Waals surface area (Å²) in [5.74, 6) is -3.63. The van der Waals surface area contributed by atoms with Crippen molar-refractivity contribution >= 4 is 34.9 Å². The molecule has 2 fully saturated rings. The Balaban J connectivity index is 2.19. The number of hydrogen-bond donors (Lipinski definition) is 1. The van der Waals surface area contributed by atoms with Crippen LogP contribution < -0.4 is 10.2 Å². The van der Waals surface area contributed by atoms with Crippen LogP contribution in [-0.4, -0.2) is 68.5 Å². The summed E-state index contributed by atoms with van der Waals surface area (Å²) >= 11 is 12.2. The van der Waals surface area contributed by atoms with Crippen molar-refractivity contribution in [3.05, 3.63) is 28.2 Å². The zero-order chi connectivity index (χ0) is 36.3. The van der Waals surface area contributed by atoms with Crippen LogP contribution in [0, 0.1) is 5.89 Å². The third-order valence-electron chi connectivity index (χ3n) is 3.67. The van der Waals surface area contributed by atoms with Crippen molar-refractivity contribution in [1.29, 1.82) is 0 Å². The highest BCUT2D eigenvalue weighted by molar-refractivity contribution is 6.43. The zero-order valence-electron chi connectivity index (χ0n) is 33.2. The predicted octanol–water partition coefficient (Wildman–Crippen LogP) is 4.34. The van der Waals surface area contributed by atoms with Gasteiger partial charge in [0.15, 0.2) is 0 Å². The fraction of sp³-hybridized carbons (Fsp3) is 0.667. The lowest BCUT2D eigenvalue weighted by Gasteiger charge is -2.37. The summed E-state index contributed by atoms with van der Waals surface area (Å²) in [5.41, 5.74) is -0.526. The molecule has 0 aromatic heterocycles. The Morgan fingerprint density at radius 2 is 1.89 bits per heavy atom. The van der Waals surface area contributed by atoms with E-state index < -0.39 is 93.1 Å². The molecule has 0 radical (unpaired) electrons. The molecule has 1 aromatic rings. The van der Waals surface area contributed by atoms with Crippen LogP contribution in [-0.2, 0) is 0 Å². The Morgan fingerprint density at radius 3 is 2.54 bits per heavy atom. The van der Waals surface area contributed by atoms with Gasteiger partial charge in [0, 0.05) is 63.9 Å². The molecule has 0 bridgehead atoms. The normalized spacial score (nSPS) is 52.6. The van der Waals surface area contributed by atoms with Gasteiger partial charge >= 0.3 is 6.03 Å². The molecule has 1 aliphatic carbocycles. The summed E-state index contributed by atoms with van der Waals surface area (Å²) in [4.78, 5) is 13.3. The number of benzene rings is 1. The average molecular weight is 446 g/mol. The molecule has 0 atom stereocenters. The van der Waals surface area contributed by atoms with E-state index in [1.54, 1.807) is 5.32 Å². The fourth-order valence-corrected chi connectivity index (χ4v) is 2.52. The van der Waals surface area contributed by atoms with Crippen LogP contribution in [0.3, 0.4) is 0 Å². The molecule has 28 heavy (non-hydrogen) atoms. The van der Waals surface area contributed by atoms with Gasteiger partial charge in [0.1, 0.15) is 0 Å². The Kier molecular flexibility index (Phi) is 2.93. The van der Waals surface area contributed by atoms with Crippen LogP contribution in [0.15, 0.2) is 18.2 Å². The second-order valence-corrected chi connectivity index (χ2v) is 6.72. The second-order valence-electron chi connectivity index (χ2n) is 5.94. The first kappa shape index (κ1) is 8.16. The first-order valence-electron chi connectivity index (χ1n) is 17.2. The lowest BCUT2D eigenvalue weighted by Crippen LogP contribution is -2.47. The van der Waals surface area contributed by atoms with Crippen molar-refractivity contribution in [2.45, 2.75) is 37.9 Å². The van der Waals surface area contributed by atoms with Crippen LogP contribution in [0.1, 0.15) is 56.6 Å². The van der Waals surface area contributed by atoms with Gasteiger partial charge in [-0.15, -0.1) is 0 Å². The highest BCUT2D eigenvalue weighted by atomic mass is 35.5. The van der Waals surface area contributed by atoms with E-state index in [1.807, 2.05) is 0 Å². The summed E-state index contributed by atoms with van der Waals surface area (Å²) in [6.45, 7) is -15.5. The molecule has 0 spiro atoms. The van der Waals surface area contributed by atoms with E-state index in [4.69, 9.17) is 47.9 Å². The van der Waals surface area contributed by atoms with E-state index in [0.717, 1.165) is 25.1 Å². The lowest BCUT2D eigenvalue weighted by molar-refractivity contribution is 0.194. The number of carbonyl (C=O) groups excluding carboxylic acids is 1. The minimum absolute atomic E-state index is 0.0427. The maximum absolute atomic E-state index is 12.4. The van der Waals surface area contributed by atoms with E-state index in [2.05, 4.69) is 0 Å². The van der Waals surface area contributed by atoms with Crippen molar-refractivity contribution in [2.75, 3.05) is 51.5 Å². The number of nitrogens with zero attached hydrogens (tertiary/aromatic N) is 3. The minimum Gasteiger partial charge on any atom is -0.368 e. The van der Waals surface area contributed by atoms with Gasteiger partial charge in [-0.25, -0.2) is 4.79 Å². The van der Waals surface area contributed by atoms with Gasteiger partial charge in [0.2, 0.25) is 0 Å². The maximum atomic E-state index is 12.4. The molecular weight excluding hydrogens is 395 g/mol. The first-order valence-corrected chi connectivity index (χ1v) is 8.99. The quantitative estimate of drug-likeness (QED) is 0.733. The molecule has 1 aliphatic heterocycles. The van der Waals surface area contributed by atoms with E-state index in [1.165, 1.54) is 12.1 Å². The van der Waals surface area contributed by atoms with Crippen molar-refractivity contribution < 1.29 is 29.5 Å². The third-order valence-corrected chi connectivity index (χ3v) is 4.47. The molecular formula is C21H32Cl2N4O. The molecule has 0 unspecified atom stereocenters. The van der Waals surface area contributed by atoms with Gasteiger partial charge < -0.3 is 15.1 Å². The standard InChI is InChI=1S/C21H32Cl2N4O/c1-25(2)21(28)24-17-8-6-16(7-9-17)10-11-26-12-14-27(15-13-26)19-5-3-4-18(22)20(19)23/h3-5,16-17H,6-15H2,1-2H3,(H,24,28)/i6D2,7D2,8D2,9D2,12D2,13D2,14D2,15D2,16D,17D. The van der Waals surface area contributed by atoms with E-state index in [9.17, 15) is 4.79 Å². The number of carbonyl (C=O) groups is 1. The smallest absolute Gasteiger partial charge is 0.317 e. The molecule has 2 aliphatic rings. The molecule has 2 amide bonds. The van der Waals surface area contributed by atoms with Crippen molar-refractivity contribution in [3.8, 4) is 0 Å². The van der Waals surface area contributed by atoms with Gasteiger partial charge in [0.05, 0.1) is 22.6 Å². The maximum Gasteiger partial charge on any atom is 0.317 e. The monoisotopic (exact) mass is 444 g/mol. The molecule has 1 aromatic carbocycles. The molecule has 3 rings (SSSR count).